The van der Waals surface area contributed by atoms with E-state index in [1.54, 1.807) is 16.0 Å². The van der Waals surface area contributed by atoms with Gasteiger partial charge in [0.05, 0.1) is 29.9 Å². The lowest BCUT2D eigenvalue weighted by atomic mass is 10.1. The summed E-state index contributed by atoms with van der Waals surface area (Å²) in [7, 11) is 0. The van der Waals surface area contributed by atoms with Gasteiger partial charge in [0.2, 0.25) is 11.8 Å². The first-order valence-electron chi connectivity index (χ1n) is 9.84. The minimum atomic E-state index is 0.0330. The van der Waals surface area contributed by atoms with Crippen molar-refractivity contribution in [2.75, 3.05) is 26.2 Å². The second kappa shape index (κ2) is 8.74. The lowest BCUT2D eigenvalue weighted by Crippen LogP contribution is -2.51. The van der Waals surface area contributed by atoms with Crippen LogP contribution in [0.1, 0.15) is 22.7 Å². The Balaban J connectivity index is 1.29. The Morgan fingerprint density at radius 1 is 1.07 bits per heavy atom. The van der Waals surface area contributed by atoms with E-state index in [2.05, 4.69) is 15.1 Å². The standard InChI is InChI=1S/C21H23N5O3S/c1-14-17(15(2)29-24-14)12-20(28)26-9-7-25(8-10-26)19(27)11-16-13-30-21(23-16)18-5-3-4-6-22-18/h3-6,13H,7-12H2,1-2H3. The first-order valence-corrected chi connectivity index (χ1v) is 10.7. The molecule has 0 saturated carbocycles. The molecule has 0 unspecified atom stereocenters. The monoisotopic (exact) mass is 425 g/mol. The fraction of sp³-hybridized carbons (Fsp3) is 0.381. The van der Waals surface area contributed by atoms with Crippen molar-refractivity contribution in [1.82, 2.24) is 24.9 Å². The smallest absolute Gasteiger partial charge is 0.228 e. The molecule has 0 N–H and O–H groups in total. The Morgan fingerprint density at radius 2 is 1.77 bits per heavy atom. The van der Waals surface area contributed by atoms with E-state index in [0.29, 0.717) is 31.9 Å². The molecule has 9 heteroatoms. The van der Waals surface area contributed by atoms with Gasteiger partial charge >= 0.3 is 0 Å². The van der Waals surface area contributed by atoms with Crippen LogP contribution in [0.2, 0.25) is 0 Å². The number of carbonyl (C=O) groups is 2. The van der Waals surface area contributed by atoms with Crippen LogP contribution in [0.15, 0.2) is 34.3 Å². The van der Waals surface area contributed by atoms with Gasteiger partial charge in [-0.3, -0.25) is 14.6 Å². The minimum Gasteiger partial charge on any atom is -0.361 e. The third kappa shape index (κ3) is 4.40. The van der Waals surface area contributed by atoms with Gasteiger partial charge in [0.1, 0.15) is 10.8 Å². The van der Waals surface area contributed by atoms with Crippen LogP contribution < -0.4 is 0 Å². The van der Waals surface area contributed by atoms with Crippen LogP contribution in [0.25, 0.3) is 10.7 Å². The number of rotatable bonds is 5. The number of pyridine rings is 1. The van der Waals surface area contributed by atoms with Crippen molar-refractivity contribution >= 4 is 23.2 Å². The van der Waals surface area contributed by atoms with E-state index in [0.717, 1.165) is 27.7 Å². The number of hydrogen-bond acceptors (Lipinski definition) is 7. The SMILES string of the molecule is Cc1noc(C)c1CC(=O)N1CCN(C(=O)Cc2csc(-c3ccccn3)n2)CC1. The van der Waals surface area contributed by atoms with Crippen molar-refractivity contribution in [2.24, 2.45) is 0 Å². The van der Waals surface area contributed by atoms with E-state index in [1.807, 2.05) is 37.4 Å². The van der Waals surface area contributed by atoms with Gasteiger partial charge in [-0.25, -0.2) is 4.98 Å². The normalized spacial score (nSPS) is 14.2. The Hall–Kier alpha value is -3.07. The Morgan fingerprint density at radius 3 is 2.37 bits per heavy atom. The summed E-state index contributed by atoms with van der Waals surface area (Å²) in [5, 5.41) is 6.62. The largest absolute Gasteiger partial charge is 0.361 e. The maximum atomic E-state index is 12.7. The Labute approximate surface area is 178 Å². The van der Waals surface area contributed by atoms with E-state index in [4.69, 9.17) is 4.52 Å². The molecule has 0 bridgehead atoms. The number of nitrogens with zero attached hydrogens (tertiary/aromatic N) is 5. The molecule has 1 fully saturated rings. The molecule has 156 valence electrons. The van der Waals surface area contributed by atoms with Crippen LogP contribution in [0.3, 0.4) is 0 Å². The number of hydrogen-bond donors (Lipinski definition) is 0. The van der Waals surface area contributed by atoms with Crippen molar-refractivity contribution in [1.29, 1.82) is 0 Å². The van der Waals surface area contributed by atoms with E-state index in [1.165, 1.54) is 11.3 Å². The Kier molecular flexibility index (Phi) is 5.89. The van der Waals surface area contributed by atoms with Gasteiger partial charge in [0.25, 0.3) is 0 Å². The highest BCUT2D eigenvalue weighted by Crippen LogP contribution is 2.22. The molecule has 0 atom stereocenters. The number of thiazole rings is 1. The molecule has 8 nitrogen and oxygen atoms in total. The summed E-state index contributed by atoms with van der Waals surface area (Å²) in [6.45, 7) is 5.78. The topological polar surface area (TPSA) is 92.4 Å². The third-order valence-electron chi connectivity index (χ3n) is 5.26. The average molecular weight is 426 g/mol. The zero-order valence-electron chi connectivity index (χ0n) is 17.0. The fourth-order valence-electron chi connectivity index (χ4n) is 3.48. The summed E-state index contributed by atoms with van der Waals surface area (Å²) in [4.78, 5) is 37.8. The number of piperazine rings is 1. The van der Waals surface area contributed by atoms with Crippen LogP contribution in [0.5, 0.6) is 0 Å². The molecule has 0 radical (unpaired) electrons. The molecule has 0 aromatic carbocycles. The van der Waals surface area contributed by atoms with E-state index in [9.17, 15) is 9.59 Å². The maximum Gasteiger partial charge on any atom is 0.228 e. The first kappa shape index (κ1) is 20.2. The van der Waals surface area contributed by atoms with Crippen molar-refractivity contribution < 1.29 is 14.1 Å². The zero-order valence-corrected chi connectivity index (χ0v) is 17.8. The van der Waals surface area contributed by atoms with Crippen LogP contribution in [0, 0.1) is 13.8 Å². The second-order valence-corrected chi connectivity index (χ2v) is 8.13. The molecule has 0 aliphatic carbocycles. The molecule has 1 aliphatic heterocycles. The molecule has 0 spiro atoms. The Bertz CT molecular complexity index is 1020. The summed E-state index contributed by atoms with van der Waals surface area (Å²) in [6.07, 6.45) is 2.27. The second-order valence-electron chi connectivity index (χ2n) is 7.28. The van der Waals surface area contributed by atoms with Gasteiger partial charge in [0, 0.05) is 43.3 Å². The number of carbonyl (C=O) groups excluding carboxylic acids is 2. The highest BCUT2D eigenvalue weighted by molar-refractivity contribution is 7.13. The molecule has 4 heterocycles. The summed E-state index contributed by atoms with van der Waals surface area (Å²) in [5.41, 5.74) is 3.17. The van der Waals surface area contributed by atoms with E-state index >= 15 is 0 Å². The predicted octanol–water partition coefficient (Wildman–Crippen LogP) is 2.27. The van der Waals surface area contributed by atoms with Gasteiger partial charge < -0.3 is 14.3 Å². The lowest BCUT2D eigenvalue weighted by molar-refractivity contribution is -0.138. The van der Waals surface area contributed by atoms with Gasteiger partial charge in [-0.05, 0) is 26.0 Å². The molecule has 3 aromatic heterocycles. The average Bonchev–Trinajstić information content (AvgIpc) is 3.36. The summed E-state index contributed by atoms with van der Waals surface area (Å²) in [5.74, 6) is 0.754. The van der Waals surface area contributed by atoms with Gasteiger partial charge in [-0.1, -0.05) is 11.2 Å². The van der Waals surface area contributed by atoms with Crippen molar-refractivity contribution in [2.45, 2.75) is 26.7 Å². The molecular formula is C21H23N5O3S. The van der Waals surface area contributed by atoms with Crippen LogP contribution >= 0.6 is 11.3 Å². The zero-order chi connectivity index (χ0) is 21.1. The minimum absolute atomic E-state index is 0.0330. The molecule has 30 heavy (non-hydrogen) atoms. The number of aromatic nitrogens is 3. The van der Waals surface area contributed by atoms with Crippen LogP contribution in [-0.4, -0.2) is 62.9 Å². The quantitative estimate of drug-likeness (QED) is 0.623. The molecule has 4 rings (SSSR count). The fourth-order valence-corrected chi connectivity index (χ4v) is 4.28. The van der Waals surface area contributed by atoms with Gasteiger partial charge in [-0.2, -0.15) is 0 Å². The molecule has 2 amide bonds. The summed E-state index contributed by atoms with van der Waals surface area (Å²) < 4.78 is 5.14. The summed E-state index contributed by atoms with van der Waals surface area (Å²) >= 11 is 1.49. The lowest BCUT2D eigenvalue weighted by Gasteiger charge is -2.34. The van der Waals surface area contributed by atoms with Crippen molar-refractivity contribution in [3.05, 3.63) is 52.5 Å². The number of amides is 2. The van der Waals surface area contributed by atoms with Gasteiger partial charge in [-0.15, -0.1) is 11.3 Å². The first-order chi connectivity index (χ1) is 14.5. The predicted molar refractivity (Wildman–Crippen MR) is 112 cm³/mol. The van der Waals surface area contributed by atoms with Crippen LogP contribution in [0.4, 0.5) is 0 Å². The molecular weight excluding hydrogens is 402 g/mol. The maximum absolute atomic E-state index is 12.7. The third-order valence-corrected chi connectivity index (χ3v) is 6.18. The molecule has 1 aliphatic rings. The van der Waals surface area contributed by atoms with Crippen molar-refractivity contribution in [3.63, 3.8) is 0 Å². The molecule has 3 aromatic rings. The van der Waals surface area contributed by atoms with Crippen molar-refractivity contribution in [3.8, 4) is 10.7 Å². The van der Waals surface area contributed by atoms with Gasteiger partial charge in [0.15, 0.2) is 0 Å². The number of aryl methyl sites for hydroxylation is 2. The summed E-state index contributed by atoms with van der Waals surface area (Å²) in [6, 6.07) is 5.69. The van der Waals surface area contributed by atoms with Crippen LogP contribution in [-0.2, 0) is 22.4 Å². The van der Waals surface area contributed by atoms with E-state index < -0.39 is 0 Å². The van der Waals surface area contributed by atoms with E-state index in [-0.39, 0.29) is 24.7 Å². The highest BCUT2D eigenvalue weighted by Gasteiger charge is 2.26. The highest BCUT2D eigenvalue weighted by atomic mass is 32.1. The molecule has 1 saturated heterocycles.